The van der Waals surface area contributed by atoms with E-state index in [4.69, 9.17) is 4.74 Å². The molecular weight excluding hydrogens is 212 g/mol. The lowest BCUT2D eigenvalue weighted by Gasteiger charge is -2.26. The van der Waals surface area contributed by atoms with Crippen molar-refractivity contribution in [3.63, 3.8) is 0 Å². The molecule has 0 saturated heterocycles. The number of hydrogen-bond donors (Lipinski definition) is 1. The molecule has 1 N–H and O–H groups in total. The first-order valence-electron chi connectivity index (χ1n) is 6.23. The number of methoxy groups -OCH3 is 1. The van der Waals surface area contributed by atoms with E-state index in [1.807, 2.05) is 0 Å². The Bertz CT molecular complexity index is 338. The van der Waals surface area contributed by atoms with Crippen LogP contribution in [0.25, 0.3) is 0 Å². The minimum Gasteiger partial charge on any atom is -0.390 e. The van der Waals surface area contributed by atoms with Crippen LogP contribution in [0.4, 0.5) is 0 Å². The molecule has 96 valence electrons. The maximum Gasteiger partial charge on any atom is 0.0856 e. The average Bonchev–Trinajstić information content (AvgIpc) is 2.24. The van der Waals surface area contributed by atoms with Crippen molar-refractivity contribution < 1.29 is 9.84 Å². The Morgan fingerprint density at radius 3 is 2.12 bits per heavy atom. The molecule has 0 radical (unpaired) electrons. The average molecular weight is 236 g/mol. The molecule has 1 aromatic carbocycles. The van der Waals surface area contributed by atoms with E-state index in [-0.39, 0.29) is 6.10 Å². The van der Waals surface area contributed by atoms with Gasteiger partial charge >= 0.3 is 0 Å². The van der Waals surface area contributed by atoms with E-state index in [9.17, 15) is 5.11 Å². The minimum atomic E-state index is -0.445. The van der Waals surface area contributed by atoms with E-state index >= 15 is 0 Å². The van der Waals surface area contributed by atoms with Gasteiger partial charge < -0.3 is 9.84 Å². The maximum atomic E-state index is 10.3. The number of aryl methyl sites for hydroxylation is 2. The highest BCUT2D eigenvalue weighted by molar-refractivity contribution is 5.34. The third-order valence-corrected chi connectivity index (χ3v) is 3.37. The van der Waals surface area contributed by atoms with Gasteiger partial charge in [-0.3, -0.25) is 0 Å². The summed E-state index contributed by atoms with van der Waals surface area (Å²) in [4.78, 5) is 0. The van der Waals surface area contributed by atoms with Gasteiger partial charge in [0.2, 0.25) is 0 Å². The van der Waals surface area contributed by atoms with Crippen LogP contribution in [0.15, 0.2) is 18.2 Å². The summed E-state index contributed by atoms with van der Waals surface area (Å²) >= 11 is 0. The highest BCUT2D eigenvalue weighted by Gasteiger charge is 2.23. The van der Waals surface area contributed by atoms with Crippen LogP contribution in [0.2, 0.25) is 0 Å². The fourth-order valence-electron chi connectivity index (χ4n) is 2.37. The van der Waals surface area contributed by atoms with Gasteiger partial charge in [0.05, 0.1) is 12.2 Å². The third kappa shape index (κ3) is 3.55. The van der Waals surface area contributed by atoms with Crippen molar-refractivity contribution in [2.75, 3.05) is 7.11 Å². The smallest absolute Gasteiger partial charge is 0.0856 e. The Balaban J connectivity index is 2.83. The van der Waals surface area contributed by atoms with Crippen LogP contribution < -0.4 is 0 Å². The molecule has 1 aromatic rings. The van der Waals surface area contributed by atoms with Gasteiger partial charge in [0.1, 0.15) is 0 Å². The maximum absolute atomic E-state index is 10.3. The highest BCUT2D eigenvalue weighted by Crippen LogP contribution is 2.19. The molecule has 0 bridgehead atoms. The SMILES string of the molecule is COC(C(C)C)C(O)Cc1c(C)cccc1C. The summed E-state index contributed by atoms with van der Waals surface area (Å²) in [5, 5.41) is 10.3. The first-order valence-corrected chi connectivity index (χ1v) is 6.23. The molecule has 1 rings (SSSR count). The van der Waals surface area contributed by atoms with E-state index in [0.717, 1.165) is 0 Å². The summed E-state index contributed by atoms with van der Waals surface area (Å²) < 4.78 is 5.38. The first kappa shape index (κ1) is 14.2. The summed E-state index contributed by atoms with van der Waals surface area (Å²) in [5.41, 5.74) is 3.72. The van der Waals surface area contributed by atoms with Crippen molar-refractivity contribution in [2.45, 2.75) is 46.3 Å². The number of ether oxygens (including phenoxy) is 1. The number of hydrogen-bond acceptors (Lipinski definition) is 2. The molecule has 2 unspecified atom stereocenters. The molecule has 0 aliphatic rings. The Kier molecular flexibility index (Phi) is 5.16. The molecule has 0 aliphatic carbocycles. The zero-order valence-corrected chi connectivity index (χ0v) is 11.5. The molecule has 0 aliphatic heterocycles. The predicted octanol–water partition coefficient (Wildman–Crippen LogP) is 2.88. The van der Waals surface area contributed by atoms with Crippen LogP contribution in [0.1, 0.15) is 30.5 Å². The van der Waals surface area contributed by atoms with Crippen LogP contribution in [-0.2, 0) is 11.2 Å². The molecule has 2 heteroatoms. The largest absolute Gasteiger partial charge is 0.390 e. The van der Waals surface area contributed by atoms with Gasteiger partial charge in [-0.05, 0) is 36.5 Å². The molecule has 0 heterocycles. The molecule has 0 saturated carbocycles. The van der Waals surface area contributed by atoms with Crippen molar-refractivity contribution in [1.29, 1.82) is 0 Å². The van der Waals surface area contributed by atoms with Gasteiger partial charge in [0.15, 0.2) is 0 Å². The molecule has 0 aromatic heterocycles. The lowest BCUT2D eigenvalue weighted by molar-refractivity contribution is -0.0369. The summed E-state index contributed by atoms with van der Waals surface area (Å²) in [7, 11) is 1.67. The van der Waals surface area contributed by atoms with Gasteiger partial charge in [-0.25, -0.2) is 0 Å². The van der Waals surface area contributed by atoms with E-state index < -0.39 is 6.10 Å². The van der Waals surface area contributed by atoms with Crippen LogP contribution in [0.3, 0.4) is 0 Å². The molecular formula is C15H24O2. The summed E-state index contributed by atoms with van der Waals surface area (Å²) in [6.07, 6.45) is 0.114. The quantitative estimate of drug-likeness (QED) is 0.852. The van der Waals surface area contributed by atoms with Crippen LogP contribution in [0.5, 0.6) is 0 Å². The van der Waals surface area contributed by atoms with Crippen molar-refractivity contribution in [2.24, 2.45) is 5.92 Å². The second-order valence-electron chi connectivity index (χ2n) is 5.09. The second-order valence-corrected chi connectivity index (χ2v) is 5.09. The van der Waals surface area contributed by atoms with Gasteiger partial charge in [-0.2, -0.15) is 0 Å². The van der Waals surface area contributed by atoms with Crippen LogP contribution in [-0.4, -0.2) is 24.4 Å². The molecule has 0 amide bonds. The Morgan fingerprint density at radius 2 is 1.71 bits per heavy atom. The van der Waals surface area contributed by atoms with Gasteiger partial charge in [-0.15, -0.1) is 0 Å². The fourth-order valence-corrected chi connectivity index (χ4v) is 2.37. The summed E-state index contributed by atoms with van der Waals surface area (Å²) in [5.74, 6) is 0.319. The lowest BCUT2D eigenvalue weighted by Crippen LogP contribution is -2.34. The third-order valence-electron chi connectivity index (χ3n) is 3.37. The van der Waals surface area contributed by atoms with E-state index in [1.54, 1.807) is 7.11 Å². The van der Waals surface area contributed by atoms with E-state index in [2.05, 4.69) is 45.9 Å². The molecule has 17 heavy (non-hydrogen) atoms. The number of benzene rings is 1. The fraction of sp³-hybridized carbons (Fsp3) is 0.600. The molecule has 2 atom stereocenters. The predicted molar refractivity (Wildman–Crippen MR) is 71.3 cm³/mol. The minimum absolute atomic E-state index is 0.103. The molecule has 0 fully saturated rings. The Morgan fingerprint density at radius 1 is 1.18 bits per heavy atom. The normalized spacial score (nSPS) is 15.0. The van der Waals surface area contributed by atoms with Crippen LogP contribution in [0, 0.1) is 19.8 Å². The highest BCUT2D eigenvalue weighted by atomic mass is 16.5. The number of aliphatic hydroxyl groups is 1. The van der Waals surface area contributed by atoms with E-state index in [0.29, 0.717) is 12.3 Å². The van der Waals surface area contributed by atoms with Crippen molar-refractivity contribution >= 4 is 0 Å². The van der Waals surface area contributed by atoms with Gasteiger partial charge in [0.25, 0.3) is 0 Å². The summed E-state index contributed by atoms with van der Waals surface area (Å²) in [6, 6.07) is 6.23. The van der Waals surface area contributed by atoms with Crippen molar-refractivity contribution in [3.05, 3.63) is 34.9 Å². The zero-order valence-electron chi connectivity index (χ0n) is 11.5. The van der Waals surface area contributed by atoms with Crippen LogP contribution >= 0.6 is 0 Å². The van der Waals surface area contributed by atoms with E-state index in [1.165, 1.54) is 16.7 Å². The first-order chi connectivity index (χ1) is 7.97. The zero-order chi connectivity index (χ0) is 13.0. The summed E-state index contributed by atoms with van der Waals surface area (Å²) in [6.45, 7) is 8.32. The van der Waals surface area contributed by atoms with Gasteiger partial charge in [-0.1, -0.05) is 32.0 Å². The second kappa shape index (κ2) is 6.18. The van der Waals surface area contributed by atoms with Gasteiger partial charge in [0, 0.05) is 13.5 Å². The lowest BCUT2D eigenvalue weighted by atomic mass is 9.92. The van der Waals surface area contributed by atoms with Crippen molar-refractivity contribution in [1.82, 2.24) is 0 Å². The number of aliphatic hydroxyl groups excluding tert-OH is 1. The Labute approximate surface area is 105 Å². The number of rotatable bonds is 5. The monoisotopic (exact) mass is 236 g/mol. The molecule has 0 spiro atoms. The van der Waals surface area contributed by atoms with Crippen molar-refractivity contribution in [3.8, 4) is 0 Å². The molecule has 2 nitrogen and oxygen atoms in total. The standard InChI is InChI=1S/C15H24O2/c1-10(2)15(17-5)14(16)9-13-11(3)7-6-8-12(13)4/h6-8,10,14-16H,9H2,1-5H3. The Hall–Kier alpha value is -0.860. The topological polar surface area (TPSA) is 29.5 Å².